The van der Waals surface area contributed by atoms with Crippen molar-refractivity contribution in [3.63, 3.8) is 0 Å². The van der Waals surface area contributed by atoms with Crippen LogP contribution in [0.1, 0.15) is 56.5 Å². The third-order valence-electron chi connectivity index (χ3n) is 6.65. The molecule has 2 aliphatic rings. The number of rotatable bonds is 8. The molecule has 3 aromatic heterocycles. The number of aromatic amines is 1. The molecule has 2 aliphatic carbocycles. The Balaban J connectivity index is 1.53. The van der Waals surface area contributed by atoms with Crippen LogP contribution < -0.4 is 4.72 Å². The van der Waals surface area contributed by atoms with Gasteiger partial charge in [-0.25, -0.2) is 18.4 Å². The second-order valence-electron chi connectivity index (χ2n) is 9.04. The van der Waals surface area contributed by atoms with Crippen molar-refractivity contribution in [2.75, 3.05) is 12.0 Å². The highest BCUT2D eigenvalue weighted by molar-refractivity contribution is 7.90. The molecule has 0 bridgehead atoms. The lowest BCUT2D eigenvalue weighted by molar-refractivity contribution is 0.450. The highest BCUT2D eigenvalue weighted by Crippen LogP contribution is 2.43. The van der Waals surface area contributed by atoms with Gasteiger partial charge in [0.05, 0.1) is 34.7 Å². The van der Waals surface area contributed by atoms with Crippen LogP contribution in [0.2, 0.25) is 0 Å². The molecule has 3 heterocycles. The molecular formula is C21H29N5O3S2. The summed E-state index contributed by atoms with van der Waals surface area (Å²) in [6.07, 6.45) is 10.3. The third kappa shape index (κ3) is 4.22. The van der Waals surface area contributed by atoms with E-state index >= 15 is 0 Å². The van der Waals surface area contributed by atoms with Gasteiger partial charge in [0, 0.05) is 49.0 Å². The fraction of sp³-hybridized carbons (Fsp3) is 0.619. The quantitative estimate of drug-likeness (QED) is 0.496. The number of nitrogens with zero attached hydrogens (tertiary/aromatic N) is 3. The van der Waals surface area contributed by atoms with E-state index in [0.29, 0.717) is 17.6 Å². The van der Waals surface area contributed by atoms with Crippen molar-refractivity contribution < 1.29 is 13.0 Å². The van der Waals surface area contributed by atoms with Crippen molar-refractivity contribution in [2.45, 2.75) is 62.7 Å². The predicted octanol–water partition coefficient (Wildman–Crippen LogP) is 2.49. The van der Waals surface area contributed by atoms with Crippen LogP contribution in [0.3, 0.4) is 0 Å². The highest BCUT2D eigenvalue weighted by atomic mass is 32.2. The number of hydrogen-bond donors (Lipinski definition) is 2. The second-order valence-corrected chi connectivity index (χ2v) is 12.8. The van der Waals surface area contributed by atoms with E-state index in [9.17, 15) is 13.0 Å². The van der Waals surface area contributed by atoms with Crippen molar-refractivity contribution in [3.8, 4) is 0 Å². The first kappa shape index (κ1) is 21.2. The van der Waals surface area contributed by atoms with Crippen LogP contribution in [-0.4, -0.2) is 55.6 Å². The van der Waals surface area contributed by atoms with Gasteiger partial charge >= 0.3 is 0 Å². The van der Waals surface area contributed by atoms with Crippen molar-refractivity contribution in [1.82, 2.24) is 24.1 Å². The van der Waals surface area contributed by atoms with E-state index in [1.54, 1.807) is 6.20 Å². The fourth-order valence-electron chi connectivity index (χ4n) is 4.89. The molecule has 0 aliphatic heterocycles. The number of imidazole rings is 1. The first-order valence-electron chi connectivity index (χ1n) is 11.0. The maximum Gasteiger partial charge on any atom is 0.154 e. The Kier molecular flexibility index (Phi) is 5.52. The number of hydrogen-bond acceptors (Lipinski definition) is 6. The van der Waals surface area contributed by atoms with Gasteiger partial charge in [0.1, 0.15) is 20.9 Å². The molecule has 31 heavy (non-hydrogen) atoms. The van der Waals surface area contributed by atoms with Crippen LogP contribution >= 0.6 is 0 Å². The number of aromatic nitrogens is 4. The lowest BCUT2D eigenvalue weighted by Gasteiger charge is -2.17. The molecule has 0 radical (unpaired) electrons. The molecule has 2 fully saturated rings. The Bertz CT molecular complexity index is 1200. The molecule has 4 atom stereocenters. The van der Waals surface area contributed by atoms with Crippen LogP contribution in [0, 0.1) is 5.92 Å². The zero-order valence-electron chi connectivity index (χ0n) is 17.9. The van der Waals surface area contributed by atoms with E-state index in [1.807, 2.05) is 12.3 Å². The molecule has 0 spiro atoms. The zero-order chi connectivity index (χ0) is 21.8. The first-order valence-corrected chi connectivity index (χ1v) is 14.3. The minimum absolute atomic E-state index is 0.0662. The lowest BCUT2D eigenvalue weighted by Crippen LogP contribution is -2.35. The van der Waals surface area contributed by atoms with E-state index in [4.69, 9.17) is 4.98 Å². The highest BCUT2D eigenvalue weighted by Gasteiger charge is 2.42. The third-order valence-corrected chi connectivity index (χ3v) is 9.23. The number of H-pyrrole nitrogens is 1. The van der Waals surface area contributed by atoms with Crippen LogP contribution in [0.15, 0.2) is 18.5 Å². The van der Waals surface area contributed by atoms with Gasteiger partial charge < -0.3 is 9.54 Å². The molecule has 10 heteroatoms. The van der Waals surface area contributed by atoms with Crippen LogP contribution in [0.5, 0.6) is 0 Å². The molecule has 0 aromatic carbocycles. The van der Waals surface area contributed by atoms with E-state index in [1.165, 1.54) is 6.26 Å². The van der Waals surface area contributed by atoms with Gasteiger partial charge in [0.25, 0.3) is 0 Å². The van der Waals surface area contributed by atoms with Crippen molar-refractivity contribution in [1.29, 1.82) is 0 Å². The molecule has 0 amide bonds. The van der Waals surface area contributed by atoms with Crippen molar-refractivity contribution >= 4 is 37.9 Å². The summed E-state index contributed by atoms with van der Waals surface area (Å²) < 4.78 is 41.5. The summed E-state index contributed by atoms with van der Waals surface area (Å²) >= 11 is -0.948. The van der Waals surface area contributed by atoms with Gasteiger partial charge in [-0.15, -0.1) is 4.72 Å². The topological polar surface area (TPSA) is 115 Å². The van der Waals surface area contributed by atoms with Crippen LogP contribution in [0.25, 0.3) is 16.7 Å². The van der Waals surface area contributed by atoms with Gasteiger partial charge in [-0.2, -0.15) is 0 Å². The summed E-state index contributed by atoms with van der Waals surface area (Å²) in [7, 11) is -3.09. The maximum atomic E-state index is 12.4. The predicted molar refractivity (Wildman–Crippen MR) is 122 cm³/mol. The van der Waals surface area contributed by atoms with Gasteiger partial charge in [0.15, 0.2) is 5.65 Å². The molecule has 8 nitrogen and oxygen atoms in total. The summed E-state index contributed by atoms with van der Waals surface area (Å²) in [6, 6.07) is 2.21. The molecule has 0 saturated heterocycles. The van der Waals surface area contributed by atoms with Crippen molar-refractivity contribution in [3.05, 3.63) is 30.0 Å². The minimum Gasteiger partial charge on any atom is -0.598 e. The summed E-state index contributed by atoms with van der Waals surface area (Å²) in [6.45, 7) is 2.20. The van der Waals surface area contributed by atoms with Gasteiger partial charge in [-0.05, 0) is 24.8 Å². The molecule has 5 rings (SSSR count). The Hall–Kier alpha value is -1.62. The average molecular weight is 464 g/mol. The lowest BCUT2D eigenvalue weighted by atomic mass is 9.93. The Morgan fingerprint density at radius 1 is 1.32 bits per heavy atom. The van der Waals surface area contributed by atoms with Gasteiger partial charge in [0.2, 0.25) is 0 Å². The van der Waals surface area contributed by atoms with E-state index in [-0.39, 0.29) is 17.7 Å². The Morgan fingerprint density at radius 2 is 2.13 bits per heavy atom. The number of sulfone groups is 1. The summed E-state index contributed by atoms with van der Waals surface area (Å²) in [4.78, 5) is 12.7. The van der Waals surface area contributed by atoms with E-state index in [0.717, 1.165) is 60.3 Å². The monoisotopic (exact) mass is 463 g/mol. The summed E-state index contributed by atoms with van der Waals surface area (Å²) in [5.41, 5.74) is 3.40. The zero-order valence-corrected chi connectivity index (χ0v) is 19.5. The van der Waals surface area contributed by atoms with Crippen molar-refractivity contribution in [2.24, 2.45) is 5.92 Å². The number of aryl methyl sites for hydroxylation is 1. The maximum absolute atomic E-state index is 12.4. The second kappa shape index (κ2) is 8.06. The van der Waals surface area contributed by atoms with Crippen LogP contribution in [-0.2, 0) is 27.6 Å². The summed E-state index contributed by atoms with van der Waals surface area (Å²) in [5, 5.41) is 0.319. The number of fused-ring (bicyclic) bond motifs is 3. The normalized spacial score (nSPS) is 25.6. The minimum atomic E-state index is -3.09. The fourth-order valence-corrected chi connectivity index (χ4v) is 6.73. The summed E-state index contributed by atoms with van der Waals surface area (Å²) in [5.74, 6) is 1.69. The Labute approximate surface area is 185 Å². The van der Waals surface area contributed by atoms with Crippen LogP contribution in [0.4, 0.5) is 0 Å². The van der Waals surface area contributed by atoms with E-state index < -0.39 is 21.2 Å². The average Bonchev–Trinajstić information content (AvgIpc) is 3.17. The first-order chi connectivity index (χ1) is 14.8. The molecule has 2 N–H and O–H groups in total. The smallest absolute Gasteiger partial charge is 0.154 e. The standard InChI is InChI=1S/C21H29N5O3S2/c1-3-13-10-14(25-30(27)15-4-5-15)11-16(13)21-24-17(7-9-31(2,28)29)19-12-23-20-18(26(19)21)6-8-22-20/h6,8,12-16,22,25H,3-5,7,9-11H2,1-2H3/t13-,14+,16+,30?/m1/s1. The van der Waals surface area contributed by atoms with Gasteiger partial charge in [-0.3, -0.25) is 4.40 Å². The van der Waals surface area contributed by atoms with E-state index in [2.05, 4.69) is 26.0 Å². The largest absolute Gasteiger partial charge is 0.598 e. The molecule has 2 saturated carbocycles. The molecular weight excluding hydrogens is 434 g/mol. The Morgan fingerprint density at radius 3 is 2.84 bits per heavy atom. The molecule has 1 unspecified atom stereocenters. The van der Waals surface area contributed by atoms with Gasteiger partial charge in [-0.1, -0.05) is 13.3 Å². The molecule has 3 aromatic rings. The SMILES string of the molecule is CC[C@@H]1C[C@H](N[S+]([O-])C2CC2)C[C@@H]1c1nc(CCS(C)(=O)=O)c2cnc3[nH]ccc3n12. The molecule has 168 valence electrons. The number of nitrogens with one attached hydrogen (secondary N) is 2.